The van der Waals surface area contributed by atoms with E-state index < -0.39 is 10.0 Å². The maximum atomic E-state index is 12.4. The van der Waals surface area contributed by atoms with Gasteiger partial charge in [-0.3, -0.25) is 0 Å². The number of hydrogen-bond donors (Lipinski definition) is 2. The van der Waals surface area contributed by atoms with Crippen LogP contribution in [0.4, 0.5) is 0 Å². The van der Waals surface area contributed by atoms with Crippen LogP contribution in [0.3, 0.4) is 0 Å². The lowest BCUT2D eigenvalue weighted by molar-refractivity contribution is 0.308. The molecule has 0 saturated heterocycles. The van der Waals surface area contributed by atoms with Gasteiger partial charge in [-0.05, 0) is 31.6 Å². The van der Waals surface area contributed by atoms with Crippen molar-refractivity contribution in [1.82, 2.24) is 4.31 Å². The second-order valence-electron chi connectivity index (χ2n) is 5.30. The summed E-state index contributed by atoms with van der Waals surface area (Å²) in [6, 6.07) is 0.0223. The Morgan fingerprint density at radius 3 is 2.39 bits per heavy atom. The summed E-state index contributed by atoms with van der Waals surface area (Å²) in [4.78, 5) is 0. The van der Waals surface area contributed by atoms with Gasteiger partial charge in [0.15, 0.2) is 5.84 Å². The van der Waals surface area contributed by atoms with Crippen LogP contribution in [0.15, 0.2) is 5.16 Å². The van der Waals surface area contributed by atoms with E-state index in [9.17, 15) is 8.42 Å². The fraction of sp³-hybridized carbons (Fsp3) is 0.909. The third kappa shape index (κ3) is 3.35. The van der Waals surface area contributed by atoms with Crippen LogP contribution in [-0.2, 0) is 10.0 Å². The Kier molecular flexibility index (Phi) is 4.11. The number of rotatable bonds is 6. The van der Waals surface area contributed by atoms with Crippen LogP contribution < -0.4 is 5.73 Å². The van der Waals surface area contributed by atoms with Gasteiger partial charge in [0.25, 0.3) is 0 Å². The van der Waals surface area contributed by atoms with E-state index >= 15 is 0 Å². The molecule has 0 bridgehead atoms. The normalized spacial score (nSPS) is 22.8. The van der Waals surface area contributed by atoms with Gasteiger partial charge in [0, 0.05) is 6.04 Å². The molecular weight excluding hydrogens is 254 g/mol. The summed E-state index contributed by atoms with van der Waals surface area (Å²) in [5.41, 5.74) is 5.48. The lowest BCUT2D eigenvalue weighted by atomic mass is 10.2. The smallest absolute Gasteiger partial charge is 0.215 e. The van der Waals surface area contributed by atoms with Gasteiger partial charge >= 0.3 is 0 Å². The summed E-state index contributed by atoms with van der Waals surface area (Å²) in [6.45, 7) is 0.0101. The first-order chi connectivity index (χ1) is 8.53. The monoisotopic (exact) mass is 275 g/mol. The predicted molar refractivity (Wildman–Crippen MR) is 68.9 cm³/mol. The van der Waals surface area contributed by atoms with Gasteiger partial charge in [-0.15, -0.1) is 0 Å². The first kappa shape index (κ1) is 13.6. The van der Waals surface area contributed by atoms with E-state index in [1.807, 2.05) is 0 Å². The Balaban J connectivity index is 2.11. The molecule has 2 aliphatic rings. The van der Waals surface area contributed by atoms with Crippen molar-refractivity contribution in [2.45, 2.75) is 44.6 Å². The van der Waals surface area contributed by atoms with E-state index in [1.165, 1.54) is 4.31 Å². The van der Waals surface area contributed by atoms with Gasteiger partial charge < -0.3 is 10.9 Å². The molecule has 104 valence electrons. The molecule has 0 radical (unpaired) electrons. The highest BCUT2D eigenvalue weighted by molar-refractivity contribution is 7.89. The number of oxime groups is 1. The molecule has 18 heavy (non-hydrogen) atoms. The van der Waals surface area contributed by atoms with Crippen molar-refractivity contribution < 1.29 is 13.6 Å². The minimum absolute atomic E-state index is 0.0101. The fourth-order valence-corrected chi connectivity index (χ4v) is 4.63. The predicted octanol–water partition coefficient (Wildman–Crippen LogP) is 0.717. The first-order valence-corrected chi connectivity index (χ1v) is 8.10. The van der Waals surface area contributed by atoms with Crippen molar-refractivity contribution in [3.05, 3.63) is 0 Å². The SMILES string of the molecule is NC(CN(C1CCCC1)S(=O)(=O)CC1CC1)=NO. The standard InChI is InChI=1S/C11H21N3O3S/c12-11(13-15)7-14(10-3-1-2-4-10)18(16,17)8-9-5-6-9/h9-10,15H,1-8H2,(H2,12,13). The zero-order valence-electron chi connectivity index (χ0n) is 10.5. The van der Waals surface area contributed by atoms with Crippen LogP contribution in [0.25, 0.3) is 0 Å². The number of sulfonamides is 1. The van der Waals surface area contributed by atoms with Gasteiger partial charge in [0.1, 0.15) is 0 Å². The van der Waals surface area contributed by atoms with Crippen molar-refractivity contribution >= 4 is 15.9 Å². The molecule has 0 spiro atoms. The summed E-state index contributed by atoms with van der Waals surface area (Å²) in [5.74, 6) is 0.481. The third-order valence-electron chi connectivity index (χ3n) is 3.68. The Morgan fingerprint density at radius 1 is 1.28 bits per heavy atom. The van der Waals surface area contributed by atoms with Crippen LogP contribution in [0.1, 0.15) is 38.5 Å². The molecule has 0 aromatic carbocycles. The van der Waals surface area contributed by atoms with Crippen molar-refractivity contribution in [3.63, 3.8) is 0 Å². The highest BCUT2D eigenvalue weighted by atomic mass is 32.2. The zero-order valence-corrected chi connectivity index (χ0v) is 11.3. The molecule has 2 fully saturated rings. The molecule has 6 nitrogen and oxygen atoms in total. The maximum Gasteiger partial charge on any atom is 0.215 e. The molecule has 0 amide bonds. The van der Waals surface area contributed by atoms with Crippen molar-refractivity contribution in [1.29, 1.82) is 0 Å². The van der Waals surface area contributed by atoms with Gasteiger partial charge in [0.2, 0.25) is 10.0 Å². The lowest BCUT2D eigenvalue weighted by Gasteiger charge is -2.27. The lowest BCUT2D eigenvalue weighted by Crippen LogP contribution is -2.45. The molecule has 0 aliphatic heterocycles. The largest absolute Gasteiger partial charge is 0.409 e. The van der Waals surface area contributed by atoms with E-state index in [4.69, 9.17) is 10.9 Å². The molecule has 3 N–H and O–H groups in total. The molecular formula is C11H21N3O3S. The Bertz CT molecular complexity index is 411. The summed E-state index contributed by atoms with van der Waals surface area (Å²) in [5, 5.41) is 11.5. The topological polar surface area (TPSA) is 96.0 Å². The quantitative estimate of drug-likeness (QED) is 0.323. The second-order valence-corrected chi connectivity index (χ2v) is 7.26. The molecule has 0 heterocycles. The Labute approximate surface area is 108 Å². The first-order valence-electron chi connectivity index (χ1n) is 6.49. The minimum atomic E-state index is -3.29. The van der Waals surface area contributed by atoms with Crippen molar-refractivity contribution in [2.75, 3.05) is 12.3 Å². The summed E-state index contributed by atoms with van der Waals surface area (Å²) in [6.07, 6.45) is 5.86. The highest BCUT2D eigenvalue weighted by Crippen LogP contribution is 2.33. The second kappa shape index (κ2) is 5.44. The number of nitrogens with two attached hydrogens (primary N) is 1. The van der Waals surface area contributed by atoms with Crippen LogP contribution in [0.5, 0.6) is 0 Å². The number of hydrogen-bond acceptors (Lipinski definition) is 4. The van der Waals surface area contributed by atoms with Gasteiger partial charge in [-0.25, -0.2) is 8.42 Å². The molecule has 0 aromatic rings. The van der Waals surface area contributed by atoms with Crippen molar-refractivity contribution in [2.24, 2.45) is 16.8 Å². The maximum absolute atomic E-state index is 12.4. The summed E-state index contributed by atoms with van der Waals surface area (Å²) >= 11 is 0. The fourth-order valence-electron chi connectivity index (χ4n) is 2.52. The number of nitrogens with zero attached hydrogens (tertiary/aromatic N) is 2. The van der Waals surface area contributed by atoms with Crippen molar-refractivity contribution in [3.8, 4) is 0 Å². The highest BCUT2D eigenvalue weighted by Gasteiger charge is 2.36. The molecule has 7 heteroatoms. The Hall–Kier alpha value is -0.820. The Morgan fingerprint density at radius 2 is 1.89 bits per heavy atom. The average molecular weight is 275 g/mol. The molecule has 2 saturated carbocycles. The zero-order chi connectivity index (χ0) is 13.2. The molecule has 0 atom stereocenters. The van der Waals surface area contributed by atoms with Gasteiger partial charge in [-0.1, -0.05) is 18.0 Å². The molecule has 0 unspecified atom stereocenters. The molecule has 0 aromatic heterocycles. The van der Waals surface area contributed by atoms with Gasteiger partial charge in [0.05, 0.1) is 12.3 Å². The summed E-state index contributed by atoms with van der Waals surface area (Å²) in [7, 11) is -3.29. The number of amidine groups is 1. The van der Waals surface area contributed by atoms with E-state index in [1.54, 1.807) is 0 Å². The van der Waals surface area contributed by atoms with Crippen LogP contribution in [-0.4, -0.2) is 42.1 Å². The minimum Gasteiger partial charge on any atom is -0.409 e. The van der Waals surface area contributed by atoms with Gasteiger partial charge in [-0.2, -0.15) is 4.31 Å². The average Bonchev–Trinajstić information content (AvgIpc) is 2.96. The van der Waals surface area contributed by atoms with Crippen LogP contribution in [0.2, 0.25) is 0 Å². The van der Waals surface area contributed by atoms with E-state index in [2.05, 4.69) is 5.16 Å². The van der Waals surface area contributed by atoms with E-state index in [-0.39, 0.29) is 24.2 Å². The van der Waals surface area contributed by atoms with Crippen LogP contribution >= 0.6 is 0 Å². The van der Waals surface area contributed by atoms with E-state index in [0.29, 0.717) is 5.92 Å². The summed E-state index contributed by atoms with van der Waals surface area (Å²) < 4.78 is 26.2. The third-order valence-corrected chi connectivity index (χ3v) is 5.71. The van der Waals surface area contributed by atoms with E-state index in [0.717, 1.165) is 38.5 Å². The molecule has 2 aliphatic carbocycles. The van der Waals surface area contributed by atoms with Crippen LogP contribution in [0, 0.1) is 5.92 Å². The molecule has 2 rings (SSSR count).